The minimum atomic E-state index is -0.373. The summed E-state index contributed by atoms with van der Waals surface area (Å²) in [5.41, 5.74) is 0. The van der Waals surface area contributed by atoms with E-state index in [2.05, 4.69) is 4.74 Å². The zero-order valence-corrected chi connectivity index (χ0v) is 7.16. The molecule has 0 saturated carbocycles. The lowest BCUT2D eigenvalue weighted by atomic mass is 10.5. The van der Waals surface area contributed by atoms with Gasteiger partial charge in [-0.15, -0.1) is 0 Å². The molecule has 12 heavy (non-hydrogen) atoms. The van der Waals surface area contributed by atoms with Gasteiger partial charge in [0.05, 0.1) is 33.4 Å². The molecule has 0 aromatic carbocycles. The summed E-state index contributed by atoms with van der Waals surface area (Å²) in [5, 5.41) is 8.07. The Bertz CT molecular complexity index is 136. The maximum atomic E-state index is 10.0. The highest BCUT2D eigenvalue weighted by atomic mass is 16.5. The first-order valence-electron chi connectivity index (χ1n) is 3.71. The molecule has 1 aliphatic heterocycles. The Morgan fingerprint density at radius 1 is 1.58 bits per heavy atom. The fourth-order valence-corrected chi connectivity index (χ4v) is 0.534. The molecule has 0 aliphatic carbocycles. The van der Waals surface area contributed by atoms with E-state index in [1.165, 1.54) is 7.11 Å². The first-order valence-corrected chi connectivity index (χ1v) is 3.71. The van der Waals surface area contributed by atoms with Crippen molar-refractivity contribution in [2.24, 2.45) is 0 Å². The molecular formula is C8H14O4. The SMILES string of the molecule is C1=CCOC1.COC(=O)CCO. The lowest BCUT2D eigenvalue weighted by molar-refractivity contribution is -0.141. The third-order valence-corrected chi connectivity index (χ3v) is 1.14. The van der Waals surface area contributed by atoms with Gasteiger partial charge in [0.15, 0.2) is 0 Å². The van der Waals surface area contributed by atoms with Crippen molar-refractivity contribution >= 4 is 5.97 Å². The van der Waals surface area contributed by atoms with E-state index in [0.29, 0.717) is 0 Å². The first kappa shape index (κ1) is 11.1. The lowest BCUT2D eigenvalue weighted by Gasteiger charge is -1.90. The predicted molar refractivity (Wildman–Crippen MR) is 43.7 cm³/mol. The van der Waals surface area contributed by atoms with Crippen molar-refractivity contribution < 1.29 is 19.4 Å². The van der Waals surface area contributed by atoms with Crippen LogP contribution in [0.4, 0.5) is 0 Å². The Morgan fingerprint density at radius 2 is 2.17 bits per heavy atom. The van der Waals surface area contributed by atoms with Crippen LogP contribution in [0.15, 0.2) is 12.2 Å². The number of carbonyl (C=O) groups excluding carboxylic acids is 1. The number of methoxy groups -OCH3 is 1. The van der Waals surface area contributed by atoms with E-state index in [9.17, 15) is 4.79 Å². The monoisotopic (exact) mass is 174 g/mol. The van der Waals surface area contributed by atoms with E-state index >= 15 is 0 Å². The molecule has 1 rings (SSSR count). The molecule has 70 valence electrons. The van der Waals surface area contributed by atoms with Gasteiger partial charge in [-0.3, -0.25) is 4.79 Å². The van der Waals surface area contributed by atoms with Crippen LogP contribution in [0.25, 0.3) is 0 Å². The van der Waals surface area contributed by atoms with E-state index < -0.39 is 0 Å². The standard InChI is InChI=1S/C4H8O3.C4H6O/c1-7-4(6)2-3-5;1-2-4-5-3-1/h5H,2-3H2,1H3;1-2H,3-4H2. The molecule has 0 saturated heterocycles. The van der Waals surface area contributed by atoms with Crippen LogP contribution < -0.4 is 0 Å². The van der Waals surface area contributed by atoms with E-state index in [1.807, 2.05) is 12.2 Å². The van der Waals surface area contributed by atoms with Gasteiger partial charge in [-0.2, -0.15) is 0 Å². The number of esters is 1. The largest absolute Gasteiger partial charge is 0.469 e. The van der Waals surface area contributed by atoms with Crippen LogP contribution in [0.5, 0.6) is 0 Å². The topological polar surface area (TPSA) is 55.8 Å². The summed E-state index contributed by atoms with van der Waals surface area (Å²) in [6.45, 7) is 1.51. The highest BCUT2D eigenvalue weighted by molar-refractivity contribution is 5.69. The second kappa shape index (κ2) is 8.23. The molecule has 1 N–H and O–H groups in total. The van der Waals surface area contributed by atoms with E-state index in [1.54, 1.807) is 0 Å². The van der Waals surface area contributed by atoms with Crippen LogP contribution in [-0.4, -0.2) is 38.0 Å². The summed E-state index contributed by atoms with van der Waals surface area (Å²) in [5.74, 6) is -0.373. The fraction of sp³-hybridized carbons (Fsp3) is 0.625. The molecule has 0 aromatic heterocycles. The normalized spacial score (nSPS) is 13.5. The minimum Gasteiger partial charge on any atom is -0.469 e. The van der Waals surface area contributed by atoms with Gasteiger partial charge in [0, 0.05) is 0 Å². The van der Waals surface area contributed by atoms with Gasteiger partial charge in [-0.25, -0.2) is 0 Å². The van der Waals surface area contributed by atoms with Crippen LogP contribution >= 0.6 is 0 Å². The molecule has 0 radical (unpaired) electrons. The average Bonchev–Trinajstić information content (AvgIpc) is 2.62. The Labute approximate surface area is 71.8 Å². The van der Waals surface area contributed by atoms with Gasteiger partial charge in [-0.1, -0.05) is 12.2 Å². The van der Waals surface area contributed by atoms with Crippen molar-refractivity contribution in [1.82, 2.24) is 0 Å². The second-order valence-electron chi connectivity index (χ2n) is 2.06. The number of aliphatic hydroxyl groups is 1. The van der Waals surface area contributed by atoms with Crippen molar-refractivity contribution in [2.75, 3.05) is 26.9 Å². The van der Waals surface area contributed by atoms with Crippen LogP contribution in [0.1, 0.15) is 6.42 Å². The smallest absolute Gasteiger partial charge is 0.307 e. The minimum absolute atomic E-state index is 0.0938. The van der Waals surface area contributed by atoms with Gasteiger partial charge >= 0.3 is 5.97 Å². The molecule has 0 fully saturated rings. The highest BCUT2D eigenvalue weighted by Crippen LogP contribution is 1.85. The van der Waals surface area contributed by atoms with Crippen LogP contribution in [0.2, 0.25) is 0 Å². The molecule has 0 aromatic rings. The Balaban J connectivity index is 0.000000211. The predicted octanol–water partition coefficient (Wildman–Crippen LogP) is 0.115. The van der Waals surface area contributed by atoms with Gasteiger partial charge in [0.25, 0.3) is 0 Å². The molecule has 1 heterocycles. The molecule has 0 unspecified atom stereocenters. The van der Waals surface area contributed by atoms with Crippen molar-refractivity contribution in [3.8, 4) is 0 Å². The van der Waals surface area contributed by atoms with Gasteiger partial charge in [0.1, 0.15) is 0 Å². The summed E-state index contributed by atoms with van der Waals surface area (Å²) in [4.78, 5) is 10.0. The fourth-order valence-electron chi connectivity index (χ4n) is 0.534. The van der Waals surface area contributed by atoms with E-state index in [-0.39, 0.29) is 19.0 Å². The summed E-state index contributed by atoms with van der Waals surface area (Å²) in [6, 6.07) is 0. The third-order valence-electron chi connectivity index (χ3n) is 1.14. The highest BCUT2D eigenvalue weighted by Gasteiger charge is 1.93. The van der Waals surface area contributed by atoms with Crippen molar-refractivity contribution in [3.63, 3.8) is 0 Å². The molecule has 0 atom stereocenters. The summed E-state index contributed by atoms with van der Waals surface area (Å²) in [6.07, 6.45) is 4.12. The average molecular weight is 174 g/mol. The molecule has 1 aliphatic rings. The van der Waals surface area contributed by atoms with Crippen molar-refractivity contribution in [3.05, 3.63) is 12.2 Å². The van der Waals surface area contributed by atoms with E-state index in [4.69, 9.17) is 9.84 Å². The molecule has 0 spiro atoms. The number of carbonyl (C=O) groups is 1. The second-order valence-corrected chi connectivity index (χ2v) is 2.06. The quantitative estimate of drug-likeness (QED) is 0.477. The van der Waals surface area contributed by atoms with Gasteiger partial charge < -0.3 is 14.6 Å². The zero-order chi connectivity index (χ0) is 9.23. The molecule has 4 heteroatoms. The van der Waals surface area contributed by atoms with Crippen molar-refractivity contribution in [2.45, 2.75) is 6.42 Å². The summed E-state index contributed by atoms with van der Waals surface area (Å²) >= 11 is 0. The third kappa shape index (κ3) is 7.24. The Kier molecular flexibility index (Phi) is 7.63. The van der Waals surface area contributed by atoms with Gasteiger partial charge in [0.2, 0.25) is 0 Å². The molecule has 0 amide bonds. The van der Waals surface area contributed by atoms with Gasteiger partial charge in [-0.05, 0) is 0 Å². The first-order chi connectivity index (χ1) is 5.81. The summed E-state index contributed by atoms with van der Waals surface area (Å²) in [7, 11) is 1.29. The maximum absolute atomic E-state index is 10.0. The summed E-state index contributed by atoms with van der Waals surface area (Å²) < 4.78 is 9.02. The van der Waals surface area contributed by atoms with Crippen LogP contribution in [0.3, 0.4) is 0 Å². The molecule has 0 bridgehead atoms. The molecule has 4 nitrogen and oxygen atoms in total. The Morgan fingerprint density at radius 3 is 2.33 bits per heavy atom. The number of aliphatic hydroxyl groups excluding tert-OH is 1. The maximum Gasteiger partial charge on any atom is 0.307 e. The van der Waals surface area contributed by atoms with Crippen LogP contribution in [0, 0.1) is 0 Å². The van der Waals surface area contributed by atoms with Crippen LogP contribution in [-0.2, 0) is 14.3 Å². The molecular weight excluding hydrogens is 160 g/mol. The van der Waals surface area contributed by atoms with Crippen molar-refractivity contribution in [1.29, 1.82) is 0 Å². The number of hydrogen-bond donors (Lipinski definition) is 1. The zero-order valence-electron chi connectivity index (χ0n) is 7.16. The van der Waals surface area contributed by atoms with E-state index in [0.717, 1.165) is 13.2 Å². The number of ether oxygens (including phenoxy) is 2. The Hall–Kier alpha value is -0.870. The lowest BCUT2D eigenvalue weighted by Crippen LogP contribution is -2.01. The number of rotatable bonds is 2. The number of hydrogen-bond acceptors (Lipinski definition) is 4.